The number of H-pyrrole nitrogens is 1. The van der Waals surface area contributed by atoms with Crippen molar-refractivity contribution in [1.82, 2.24) is 15.1 Å². The summed E-state index contributed by atoms with van der Waals surface area (Å²) in [6, 6.07) is 11.9. The third-order valence-corrected chi connectivity index (χ3v) is 5.01. The maximum atomic E-state index is 12.4. The van der Waals surface area contributed by atoms with Crippen LogP contribution in [0.15, 0.2) is 41.8 Å². The maximum Gasteiger partial charge on any atom is 0.323 e. The highest BCUT2D eigenvalue weighted by molar-refractivity contribution is 7.14. The molecule has 2 aromatic heterocycles. The molecular weight excluding hydrogens is 310 g/mol. The van der Waals surface area contributed by atoms with E-state index < -0.39 is 0 Å². The second-order valence-corrected chi connectivity index (χ2v) is 6.40. The Bertz CT molecular complexity index is 805. The van der Waals surface area contributed by atoms with Crippen molar-refractivity contribution in [2.24, 2.45) is 0 Å². The van der Waals surface area contributed by atoms with Gasteiger partial charge in [0.1, 0.15) is 0 Å². The summed E-state index contributed by atoms with van der Waals surface area (Å²) in [5.74, 6) is 0.589. The van der Waals surface area contributed by atoms with Crippen molar-refractivity contribution in [2.45, 2.75) is 0 Å². The molecule has 7 heteroatoms. The number of aromatic amines is 1. The summed E-state index contributed by atoms with van der Waals surface area (Å²) in [4.78, 5) is 16.6. The molecule has 3 aromatic rings. The zero-order valence-corrected chi connectivity index (χ0v) is 13.3. The van der Waals surface area contributed by atoms with E-state index in [2.05, 4.69) is 37.9 Å². The number of para-hydroxylation sites is 1. The van der Waals surface area contributed by atoms with Gasteiger partial charge in [0, 0.05) is 31.6 Å². The monoisotopic (exact) mass is 327 g/mol. The number of anilines is 2. The molecule has 1 aromatic carbocycles. The molecular formula is C16H17N5OS. The van der Waals surface area contributed by atoms with Gasteiger partial charge in [-0.15, -0.1) is 11.3 Å². The van der Waals surface area contributed by atoms with E-state index in [1.165, 1.54) is 5.00 Å². The van der Waals surface area contributed by atoms with Crippen LogP contribution < -0.4 is 10.2 Å². The first-order valence-corrected chi connectivity index (χ1v) is 8.47. The molecule has 0 spiro atoms. The third kappa shape index (κ3) is 2.75. The molecule has 1 saturated heterocycles. The number of amides is 2. The lowest BCUT2D eigenvalue weighted by molar-refractivity contribution is 0.208. The number of urea groups is 1. The van der Waals surface area contributed by atoms with Crippen LogP contribution in [0.25, 0.3) is 10.9 Å². The number of hydrogen-bond acceptors (Lipinski definition) is 4. The van der Waals surface area contributed by atoms with E-state index in [0.29, 0.717) is 18.9 Å². The molecule has 2 amide bonds. The van der Waals surface area contributed by atoms with E-state index in [-0.39, 0.29) is 6.03 Å². The van der Waals surface area contributed by atoms with Crippen LogP contribution in [0.4, 0.5) is 15.6 Å². The Morgan fingerprint density at radius 2 is 1.96 bits per heavy atom. The summed E-state index contributed by atoms with van der Waals surface area (Å²) in [5.41, 5.74) is 0.922. The van der Waals surface area contributed by atoms with Gasteiger partial charge >= 0.3 is 6.03 Å². The molecule has 1 aliphatic rings. The topological polar surface area (TPSA) is 64.3 Å². The number of carbonyl (C=O) groups excluding carboxylic acids is 1. The van der Waals surface area contributed by atoms with E-state index in [1.54, 1.807) is 11.3 Å². The van der Waals surface area contributed by atoms with Crippen LogP contribution in [0.3, 0.4) is 0 Å². The first kappa shape index (κ1) is 14.1. The standard InChI is InChI=1S/C16H17N5OS/c22-16(17-15-12-4-1-2-5-13(12)18-19-15)21-9-7-20(8-10-21)14-6-3-11-23-14/h1-6,11H,7-10H2,(H2,17,18,19,22). The largest absolute Gasteiger partial charge is 0.360 e. The summed E-state index contributed by atoms with van der Waals surface area (Å²) in [6.07, 6.45) is 0. The van der Waals surface area contributed by atoms with E-state index in [9.17, 15) is 4.79 Å². The lowest BCUT2D eigenvalue weighted by Crippen LogP contribution is -2.50. The minimum Gasteiger partial charge on any atom is -0.360 e. The van der Waals surface area contributed by atoms with Crippen molar-refractivity contribution in [3.05, 3.63) is 41.8 Å². The number of benzene rings is 1. The van der Waals surface area contributed by atoms with Crippen LogP contribution >= 0.6 is 11.3 Å². The number of rotatable bonds is 2. The molecule has 0 aliphatic carbocycles. The molecule has 118 valence electrons. The highest BCUT2D eigenvalue weighted by Crippen LogP contribution is 2.23. The van der Waals surface area contributed by atoms with E-state index in [1.807, 2.05) is 29.2 Å². The van der Waals surface area contributed by atoms with Crippen molar-refractivity contribution >= 4 is 39.1 Å². The lowest BCUT2D eigenvalue weighted by Gasteiger charge is -2.35. The normalized spacial score (nSPS) is 15.1. The van der Waals surface area contributed by atoms with Crippen molar-refractivity contribution in [1.29, 1.82) is 0 Å². The number of hydrogen-bond donors (Lipinski definition) is 2. The SMILES string of the molecule is O=C(Nc1n[nH]c2ccccc12)N1CCN(c2cccs2)CC1. The molecule has 0 bridgehead atoms. The summed E-state index contributed by atoms with van der Waals surface area (Å²) in [5, 5.41) is 14.3. The molecule has 2 N–H and O–H groups in total. The summed E-state index contributed by atoms with van der Waals surface area (Å²) < 4.78 is 0. The van der Waals surface area contributed by atoms with Crippen LogP contribution in [-0.4, -0.2) is 47.3 Å². The molecule has 6 nitrogen and oxygen atoms in total. The van der Waals surface area contributed by atoms with Gasteiger partial charge < -0.3 is 9.80 Å². The van der Waals surface area contributed by atoms with Crippen molar-refractivity contribution < 1.29 is 4.79 Å². The number of fused-ring (bicyclic) bond motifs is 1. The second-order valence-electron chi connectivity index (χ2n) is 5.47. The predicted octanol–water partition coefficient (Wildman–Crippen LogP) is 2.98. The number of nitrogens with zero attached hydrogens (tertiary/aromatic N) is 3. The van der Waals surface area contributed by atoms with Gasteiger partial charge in [0.05, 0.1) is 10.5 Å². The molecule has 0 radical (unpaired) electrons. The van der Waals surface area contributed by atoms with Gasteiger partial charge in [-0.25, -0.2) is 4.79 Å². The fourth-order valence-electron chi connectivity index (χ4n) is 2.82. The maximum absolute atomic E-state index is 12.4. The average Bonchev–Trinajstić information content (AvgIpc) is 3.25. The molecule has 4 rings (SSSR count). The lowest BCUT2D eigenvalue weighted by atomic mass is 10.2. The Morgan fingerprint density at radius 1 is 1.13 bits per heavy atom. The molecule has 1 fully saturated rings. The summed E-state index contributed by atoms with van der Waals surface area (Å²) in [7, 11) is 0. The van der Waals surface area contributed by atoms with Gasteiger partial charge in [0.15, 0.2) is 5.82 Å². The predicted molar refractivity (Wildman–Crippen MR) is 93.2 cm³/mol. The van der Waals surface area contributed by atoms with Gasteiger partial charge in [-0.3, -0.25) is 10.4 Å². The number of thiophene rings is 1. The van der Waals surface area contributed by atoms with Crippen LogP contribution in [-0.2, 0) is 0 Å². The smallest absolute Gasteiger partial charge is 0.323 e. The Balaban J connectivity index is 1.40. The fourth-order valence-corrected chi connectivity index (χ4v) is 3.60. The summed E-state index contributed by atoms with van der Waals surface area (Å²) in [6.45, 7) is 3.14. The van der Waals surface area contributed by atoms with E-state index in [0.717, 1.165) is 24.0 Å². The average molecular weight is 327 g/mol. The molecule has 0 saturated carbocycles. The van der Waals surface area contributed by atoms with E-state index >= 15 is 0 Å². The van der Waals surface area contributed by atoms with Crippen molar-refractivity contribution in [3.63, 3.8) is 0 Å². The molecule has 0 unspecified atom stereocenters. The Morgan fingerprint density at radius 3 is 2.74 bits per heavy atom. The molecule has 0 atom stereocenters. The number of nitrogens with one attached hydrogen (secondary N) is 2. The van der Waals surface area contributed by atoms with Crippen molar-refractivity contribution in [3.8, 4) is 0 Å². The van der Waals surface area contributed by atoms with Crippen LogP contribution in [0.5, 0.6) is 0 Å². The summed E-state index contributed by atoms with van der Waals surface area (Å²) >= 11 is 1.74. The minimum atomic E-state index is -0.0897. The third-order valence-electron chi connectivity index (χ3n) is 4.08. The van der Waals surface area contributed by atoms with Crippen LogP contribution in [0, 0.1) is 0 Å². The number of piperazine rings is 1. The Labute approximate surface area is 137 Å². The highest BCUT2D eigenvalue weighted by Gasteiger charge is 2.22. The minimum absolute atomic E-state index is 0.0897. The van der Waals surface area contributed by atoms with Crippen LogP contribution in [0.1, 0.15) is 0 Å². The number of carbonyl (C=O) groups is 1. The van der Waals surface area contributed by atoms with Crippen LogP contribution in [0.2, 0.25) is 0 Å². The van der Waals surface area contributed by atoms with Gasteiger partial charge in [-0.05, 0) is 29.6 Å². The van der Waals surface area contributed by atoms with Gasteiger partial charge in [-0.2, -0.15) is 5.10 Å². The zero-order valence-electron chi connectivity index (χ0n) is 12.5. The van der Waals surface area contributed by atoms with Gasteiger partial charge in [0.25, 0.3) is 0 Å². The van der Waals surface area contributed by atoms with E-state index in [4.69, 9.17) is 0 Å². The highest BCUT2D eigenvalue weighted by atomic mass is 32.1. The molecule has 3 heterocycles. The first-order valence-electron chi connectivity index (χ1n) is 7.59. The van der Waals surface area contributed by atoms with Gasteiger partial charge in [-0.1, -0.05) is 12.1 Å². The second kappa shape index (κ2) is 5.92. The fraction of sp³-hybridized carbons (Fsp3) is 0.250. The molecule has 23 heavy (non-hydrogen) atoms. The number of aromatic nitrogens is 2. The Hall–Kier alpha value is -2.54. The quantitative estimate of drug-likeness (QED) is 0.760. The van der Waals surface area contributed by atoms with Crippen molar-refractivity contribution in [2.75, 3.05) is 36.4 Å². The first-order chi connectivity index (χ1) is 11.3. The zero-order chi connectivity index (χ0) is 15.6. The molecule has 1 aliphatic heterocycles. The van der Waals surface area contributed by atoms with Gasteiger partial charge in [0.2, 0.25) is 0 Å². The Kier molecular flexibility index (Phi) is 3.63.